The van der Waals surface area contributed by atoms with Gasteiger partial charge in [0.25, 0.3) is 5.91 Å². The molecule has 0 radical (unpaired) electrons. The minimum Gasteiger partial charge on any atom is -0.332 e. The molecular weight excluding hydrogens is 398 g/mol. The number of hydrogen-bond donors (Lipinski definition) is 1. The number of halogens is 1. The van der Waals surface area contributed by atoms with Gasteiger partial charge in [-0.25, -0.2) is 9.67 Å². The highest BCUT2D eigenvalue weighted by atomic mass is 79.9. The van der Waals surface area contributed by atoms with Crippen LogP contribution in [0.3, 0.4) is 0 Å². The van der Waals surface area contributed by atoms with Crippen LogP contribution in [0.5, 0.6) is 0 Å². The van der Waals surface area contributed by atoms with Crippen LogP contribution in [0.15, 0.2) is 65.7 Å². The Morgan fingerprint density at radius 2 is 1.88 bits per heavy atom. The van der Waals surface area contributed by atoms with Crippen LogP contribution in [-0.4, -0.2) is 45.1 Å². The summed E-state index contributed by atoms with van der Waals surface area (Å²) in [4.78, 5) is 29.9. The summed E-state index contributed by atoms with van der Waals surface area (Å²) in [5, 5.41) is 6.81. The van der Waals surface area contributed by atoms with Gasteiger partial charge in [-0.3, -0.25) is 9.59 Å². The molecule has 26 heavy (non-hydrogen) atoms. The summed E-state index contributed by atoms with van der Waals surface area (Å²) in [5.41, 5.74) is 1.95. The molecule has 2 aromatic carbocycles. The fourth-order valence-electron chi connectivity index (χ4n) is 2.36. The van der Waals surface area contributed by atoms with Gasteiger partial charge in [0.2, 0.25) is 5.91 Å². The maximum atomic E-state index is 12.5. The summed E-state index contributed by atoms with van der Waals surface area (Å²) >= 11 is 3.37. The first-order valence-corrected chi connectivity index (χ1v) is 8.59. The van der Waals surface area contributed by atoms with E-state index in [9.17, 15) is 9.59 Å². The zero-order chi connectivity index (χ0) is 18.5. The number of benzene rings is 2. The van der Waals surface area contributed by atoms with Crippen LogP contribution in [0.25, 0.3) is 5.69 Å². The van der Waals surface area contributed by atoms with E-state index in [0.29, 0.717) is 11.3 Å². The van der Waals surface area contributed by atoms with Gasteiger partial charge in [-0.1, -0.05) is 12.1 Å². The zero-order valence-corrected chi connectivity index (χ0v) is 15.5. The summed E-state index contributed by atoms with van der Waals surface area (Å²) in [6.45, 7) is -0.0506. The molecule has 0 aliphatic carbocycles. The van der Waals surface area contributed by atoms with Crippen LogP contribution in [0.2, 0.25) is 0 Å². The molecule has 0 atom stereocenters. The second-order valence-corrected chi connectivity index (χ2v) is 6.43. The van der Waals surface area contributed by atoms with Crippen molar-refractivity contribution in [2.75, 3.05) is 18.9 Å². The summed E-state index contributed by atoms with van der Waals surface area (Å²) in [6.07, 6.45) is 3.02. The maximum absolute atomic E-state index is 12.5. The molecule has 132 valence electrons. The summed E-state index contributed by atoms with van der Waals surface area (Å²) in [6, 6.07) is 14.2. The zero-order valence-electron chi connectivity index (χ0n) is 14.0. The Morgan fingerprint density at radius 1 is 1.15 bits per heavy atom. The van der Waals surface area contributed by atoms with Crippen LogP contribution < -0.4 is 5.32 Å². The average molecular weight is 414 g/mol. The molecule has 0 saturated carbocycles. The Bertz CT molecular complexity index is 910. The quantitative estimate of drug-likeness (QED) is 0.697. The van der Waals surface area contributed by atoms with Crippen molar-refractivity contribution in [3.05, 3.63) is 71.2 Å². The van der Waals surface area contributed by atoms with Gasteiger partial charge in [0, 0.05) is 17.1 Å². The van der Waals surface area contributed by atoms with E-state index in [2.05, 4.69) is 31.3 Å². The number of rotatable bonds is 5. The van der Waals surface area contributed by atoms with E-state index in [1.165, 1.54) is 11.2 Å². The third-order valence-electron chi connectivity index (χ3n) is 3.67. The van der Waals surface area contributed by atoms with E-state index in [1.807, 2.05) is 18.2 Å². The number of likely N-dealkylation sites (N-methyl/N-ethyl adjacent to an activating group) is 1. The molecule has 3 aromatic rings. The van der Waals surface area contributed by atoms with Gasteiger partial charge in [0.15, 0.2) is 0 Å². The molecule has 0 fully saturated rings. The first kappa shape index (κ1) is 17.8. The highest BCUT2D eigenvalue weighted by molar-refractivity contribution is 9.10. The fourth-order valence-corrected chi connectivity index (χ4v) is 2.74. The van der Waals surface area contributed by atoms with Crippen molar-refractivity contribution in [3.63, 3.8) is 0 Å². The summed E-state index contributed by atoms with van der Waals surface area (Å²) < 4.78 is 2.38. The van der Waals surface area contributed by atoms with Crippen LogP contribution in [0.4, 0.5) is 5.69 Å². The molecule has 8 heteroatoms. The van der Waals surface area contributed by atoms with E-state index in [1.54, 1.807) is 48.4 Å². The number of anilines is 1. The lowest BCUT2D eigenvalue weighted by Gasteiger charge is -2.17. The molecule has 3 rings (SSSR count). The lowest BCUT2D eigenvalue weighted by Crippen LogP contribution is -2.35. The maximum Gasteiger partial charge on any atom is 0.254 e. The van der Waals surface area contributed by atoms with Crippen molar-refractivity contribution in [2.45, 2.75) is 0 Å². The van der Waals surface area contributed by atoms with Gasteiger partial charge in [-0.2, -0.15) is 5.10 Å². The monoisotopic (exact) mass is 413 g/mol. The van der Waals surface area contributed by atoms with E-state index in [4.69, 9.17) is 0 Å². The van der Waals surface area contributed by atoms with Gasteiger partial charge < -0.3 is 10.2 Å². The Hall–Kier alpha value is -3.00. The lowest BCUT2D eigenvalue weighted by atomic mass is 10.2. The second kappa shape index (κ2) is 7.92. The van der Waals surface area contributed by atoms with Crippen molar-refractivity contribution in [2.24, 2.45) is 0 Å². The van der Waals surface area contributed by atoms with Crippen LogP contribution in [0.1, 0.15) is 10.4 Å². The standard InChI is InChI=1S/C18H16BrN5O2/c1-23(10-17(25)22-16-5-3-2-4-15(16)19)18(26)13-6-8-14(9-7-13)24-12-20-11-21-24/h2-9,11-12H,10H2,1H3,(H,22,25). The van der Waals surface area contributed by atoms with Crippen molar-refractivity contribution >= 4 is 33.4 Å². The largest absolute Gasteiger partial charge is 0.332 e. The molecule has 0 bridgehead atoms. The first-order valence-electron chi connectivity index (χ1n) is 7.79. The Kier molecular flexibility index (Phi) is 5.43. The van der Waals surface area contributed by atoms with E-state index < -0.39 is 0 Å². The normalized spacial score (nSPS) is 10.4. The van der Waals surface area contributed by atoms with Crippen molar-refractivity contribution in [1.29, 1.82) is 0 Å². The molecule has 0 unspecified atom stereocenters. The van der Waals surface area contributed by atoms with Gasteiger partial charge in [0.05, 0.1) is 17.9 Å². The molecule has 1 heterocycles. The van der Waals surface area contributed by atoms with Crippen molar-refractivity contribution in [3.8, 4) is 5.69 Å². The number of para-hydroxylation sites is 1. The lowest BCUT2D eigenvalue weighted by molar-refractivity contribution is -0.116. The van der Waals surface area contributed by atoms with E-state index >= 15 is 0 Å². The predicted octanol–water partition coefficient (Wildman–Crippen LogP) is 2.74. The van der Waals surface area contributed by atoms with Gasteiger partial charge in [-0.15, -0.1) is 0 Å². The molecule has 1 aromatic heterocycles. The molecule has 0 saturated heterocycles. The number of nitrogens with zero attached hydrogens (tertiary/aromatic N) is 4. The third-order valence-corrected chi connectivity index (χ3v) is 4.36. The topological polar surface area (TPSA) is 80.1 Å². The number of aromatic nitrogens is 3. The number of amides is 2. The highest BCUT2D eigenvalue weighted by Crippen LogP contribution is 2.21. The summed E-state index contributed by atoms with van der Waals surface area (Å²) in [5.74, 6) is -0.510. The minimum atomic E-state index is -0.271. The molecule has 0 spiro atoms. The molecular formula is C18H16BrN5O2. The van der Waals surface area contributed by atoms with Crippen molar-refractivity contribution < 1.29 is 9.59 Å². The third kappa shape index (κ3) is 4.15. The van der Waals surface area contributed by atoms with Gasteiger partial charge in [0.1, 0.15) is 12.7 Å². The Balaban J connectivity index is 1.62. The smallest absolute Gasteiger partial charge is 0.254 e. The Morgan fingerprint density at radius 3 is 2.54 bits per heavy atom. The Labute approximate surface area is 158 Å². The molecule has 1 N–H and O–H groups in total. The predicted molar refractivity (Wildman–Crippen MR) is 101 cm³/mol. The van der Waals surface area contributed by atoms with E-state index in [-0.39, 0.29) is 18.4 Å². The van der Waals surface area contributed by atoms with E-state index in [0.717, 1.165) is 10.2 Å². The number of hydrogen-bond acceptors (Lipinski definition) is 4. The summed E-state index contributed by atoms with van der Waals surface area (Å²) in [7, 11) is 1.59. The fraction of sp³-hybridized carbons (Fsp3) is 0.111. The number of carbonyl (C=O) groups excluding carboxylic acids is 2. The minimum absolute atomic E-state index is 0.0506. The van der Waals surface area contributed by atoms with Crippen molar-refractivity contribution in [1.82, 2.24) is 19.7 Å². The second-order valence-electron chi connectivity index (χ2n) is 5.58. The first-order chi connectivity index (χ1) is 12.5. The highest BCUT2D eigenvalue weighted by Gasteiger charge is 2.15. The van der Waals surface area contributed by atoms with Gasteiger partial charge in [-0.05, 0) is 52.3 Å². The molecule has 7 nitrogen and oxygen atoms in total. The average Bonchev–Trinajstić information content (AvgIpc) is 3.18. The number of nitrogens with one attached hydrogen (secondary N) is 1. The number of carbonyl (C=O) groups is 2. The molecule has 0 aliphatic heterocycles. The molecule has 0 aliphatic rings. The van der Waals surface area contributed by atoms with Gasteiger partial charge >= 0.3 is 0 Å². The SMILES string of the molecule is CN(CC(=O)Nc1ccccc1Br)C(=O)c1ccc(-n2cncn2)cc1. The van der Waals surface area contributed by atoms with Crippen LogP contribution >= 0.6 is 15.9 Å². The van der Waals surface area contributed by atoms with Crippen LogP contribution in [0, 0.1) is 0 Å². The molecule has 2 amide bonds. The van der Waals surface area contributed by atoms with Crippen LogP contribution in [-0.2, 0) is 4.79 Å².